The van der Waals surface area contributed by atoms with Crippen molar-refractivity contribution >= 4 is 8.80 Å². The minimum absolute atomic E-state index is 0.270. The SMILES string of the molecule is COCCC(CCOCC[Si](OC)(OC)OC)C1(C)COC1. The second-order valence-electron chi connectivity index (χ2n) is 6.07. The molecule has 1 rings (SSSR count). The molecule has 1 unspecified atom stereocenters. The Labute approximate surface area is 135 Å². The quantitative estimate of drug-likeness (QED) is 0.378. The first-order chi connectivity index (χ1) is 10.6. The normalized spacial score (nSPS) is 19.0. The predicted molar refractivity (Wildman–Crippen MR) is 85.9 cm³/mol. The molecule has 0 aromatic carbocycles. The highest BCUT2D eigenvalue weighted by Gasteiger charge is 2.41. The molecule has 0 aromatic heterocycles. The summed E-state index contributed by atoms with van der Waals surface area (Å²) >= 11 is 0. The molecule has 0 saturated carbocycles. The molecule has 0 radical (unpaired) electrons. The van der Waals surface area contributed by atoms with Gasteiger partial charge >= 0.3 is 8.80 Å². The number of hydrogen-bond donors (Lipinski definition) is 0. The molecular formula is C15H32O6Si. The van der Waals surface area contributed by atoms with Crippen LogP contribution in [0.3, 0.4) is 0 Å². The Morgan fingerprint density at radius 3 is 2.00 bits per heavy atom. The summed E-state index contributed by atoms with van der Waals surface area (Å²) in [6.45, 7) is 6.07. The second-order valence-corrected chi connectivity index (χ2v) is 9.16. The lowest BCUT2D eigenvalue weighted by atomic mass is 9.72. The van der Waals surface area contributed by atoms with E-state index in [0.717, 1.165) is 39.3 Å². The Morgan fingerprint density at radius 2 is 1.55 bits per heavy atom. The summed E-state index contributed by atoms with van der Waals surface area (Å²) < 4.78 is 32.5. The molecule has 22 heavy (non-hydrogen) atoms. The van der Waals surface area contributed by atoms with Gasteiger partial charge in [-0.1, -0.05) is 6.92 Å². The maximum atomic E-state index is 5.78. The van der Waals surface area contributed by atoms with Crippen LogP contribution in [0.5, 0.6) is 0 Å². The summed E-state index contributed by atoms with van der Waals surface area (Å²) in [4.78, 5) is 0. The van der Waals surface area contributed by atoms with Crippen LogP contribution in [0.4, 0.5) is 0 Å². The molecular weight excluding hydrogens is 304 g/mol. The van der Waals surface area contributed by atoms with Crippen molar-refractivity contribution in [2.75, 3.05) is 61.5 Å². The molecule has 0 aliphatic carbocycles. The van der Waals surface area contributed by atoms with Crippen LogP contribution in [0.25, 0.3) is 0 Å². The van der Waals surface area contributed by atoms with E-state index in [1.165, 1.54) is 0 Å². The average Bonchev–Trinajstić information content (AvgIpc) is 2.52. The van der Waals surface area contributed by atoms with E-state index < -0.39 is 8.80 Å². The molecule has 0 amide bonds. The third-order valence-corrected chi connectivity index (χ3v) is 7.30. The van der Waals surface area contributed by atoms with Crippen LogP contribution in [0.15, 0.2) is 0 Å². The number of methoxy groups -OCH3 is 1. The van der Waals surface area contributed by atoms with E-state index in [4.69, 9.17) is 27.5 Å². The van der Waals surface area contributed by atoms with Gasteiger partial charge in [-0.3, -0.25) is 0 Å². The summed E-state index contributed by atoms with van der Waals surface area (Å²) in [5.74, 6) is 0.565. The Kier molecular flexibility index (Phi) is 9.07. The Morgan fingerprint density at radius 1 is 0.955 bits per heavy atom. The van der Waals surface area contributed by atoms with Gasteiger partial charge in [0.1, 0.15) is 0 Å². The van der Waals surface area contributed by atoms with Crippen molar-refractivity contribution in [3.63, 3.8) is 0 Å². The molecule has 1 fully saturated rings. The molecule has 0 bridgehead atoms. The largest absolute Gasteiger partial charge is 0.502 e. The van der Waals surface area contributed by atoms with Crippen molar-refractivity contribution < 1.29 is 27.5 Å². The zero-order chi connectivity index (χ0) is 16.5. The van der Waals surface area contributed by atoms with Crippen molar-refractivity contribution in [2.45, 2.75) is 25.8 Å². The molecule has 1 saturated heterocycles. The van der Waals surface area contributed by atoms with Gasteiger partial charge in [0.15, 0.2) is 0 Å². The van der Waals surface area contributed by atoms with Crippen LogP contribution >= 0.6 is 0 Å². The summed E-state index contributed by atoms with van der Waals surface area (Å²) in [7, 11) is 4.10. The number of hydrogen-bond acceptors (Lipinski definition) is 6. The highest BCUT2D eigenvalue weighted by atomic mass is 28.4. The maximum Gasteiger partial charge on any atom is 0.502 e. The first-order valence-electron chi connectivity index (χ1n) is 7.85. The molecule has 7 heteroatoms. The first-order valence-corrected chi connectivity index (χ1v) is 9.79. The Bertz CT molecular complexity index is 285. The average molecular weight is 337 g/mol. The van der Waals surface area contributed by atoms with E-state index in [2.05, 4.69) is 6.92 Å². The molecule has 1 heterocycles. The van der Waals surface area contributed by atoms with Crippen molar-refractivity contribution in [1.82, 2.24) is 0 Å². The highest BCUT2D eigenvalue weighted by molar-refractivity contribution is 6.60. The standard InChI is InChI=1S/C15H32O6Si/c1-15(12-21-13-15)14(6-8-16-2)7-9-20-10-11-22(17-3,18-4)19-5/h14H,6-13H2,1-5H3. The van der Waals surface area contributed by atoms with E-state index in [-0.39, 0.29) is 5.41 Å². The maximum absolute atomic E-state index is 5.78. The van der Waals surface area contributed by atoms with E-state index >= 15 is 0 Å². The lowest BCUT2D eigenvalue weighted by Crippen LogP contribution is -2.46. The lowest BCUT2D eigenvalue weighted by molar-refractivity contribution is -0.142. The van der Waals surface area contributed by atoms with Gasteiger partial charge in [-0.25, -0.2) is 0 Å². The van der Waals surface area contributed by atoms with Crippen LogP contribution < -0.4 is 0 Å². The molecule has 0 spiro atoms. The van der Waals surface area contributed by atoms with Gasteiger partial charge < -0.3 is 27.5 Å². The van der Waals surface area contributed by atoms with Gasteiger partial charge in [0, 0.05) is 53.1 Å². The summed E-state index contributed by atoms with van der Waals surface area (Å²) in [6, 6.07) is 0.666. The number of ether oxygens (including phenoxy) is 3. The van der Waals surface area contributed by atoms with Crippen LogP contribution in [-0.4, -0.2) is 70.3 Å². The molecule has 0 N–H and O–H groups in total. The molecule has 1 aliphatic rings. The van der Waals surface area contributed by atoms with Gasteiger partial charge in [-0.05, 0) is 18.8 Å². The minimum Gasteiger partial charge on any atom is -0.385 e. The fourth-order valence-corrected chi connectivity index (χ4v) is 4.35. The van der Waals surface area contributed by atoms with Crippen molar-refractivity contribution in [1.29, 1.82) is 0 Å². The van der Waals surface area contributed by atoms with Gasteiger partial charge in [0.05, 0.1) is 19.8 Å². The lowest BCUT2D eigenvalue weighted by Gasteiger charge is -2.44. The van der Waals surface area contributed by atoms with Crippen LogP contribution in [0.2, 0.25) is 6.04 Å². The van der Waals surface area contributed by atoms with Gasteiger partial charge in [0.25, 0.3) is 0 Å². The fourth-order valence-electron chi connectivity index (χ4n) is 2.84. The van der Waals surface area contributed by atoms with Crippen LogP contribution in [-0.2, 0) is 27.5 Å². The molecule has 0 aromatic rings. The molecule has 6 nitrogen and oxygen atoms in total. The summed E-state index contributed by atoms with van der Waals surface area (Å²) in [6.07, 6.45) is 2.07. The van der Waals surface area contributed by atoms with Gasteiger partial charge in [0.2, 0.25) is 0 Å². The summed E-state index contributed by atoms with van der Waals surface area (Å²) in [5.41, 5.74) is 0.270. The third-order valence-electron chi connectivity index (χ3n) is 4.62. The second kappa shape index (κ2) is 9.97. The predicted octanol–water partition coefficient (Wildman–Crippen LogP) is 1.96. The van der Waals surface area contributed by atoms with Crippen LogP contribution in [0.1, 0.15) is 19.8 Å². The summed E-state index contributed by atoms with van der Waals surface area (Å²) in [5, 5.41) is 0. The van der Waals surface area contributed by atoms with Gasteiger partial charge in [-0.2, -0.15) is 0 Å². The topological polar surface area (TPSA) is 55.4 Å². The Hall–Kier alpha value is -0.0231. The van der Waals surface area contributed by atoms with E-state index in [1.54, 1.807) is 28.4 Å². The fraction of sp³-hybridized carbons (Fsp3) is 1.00. The smallest absolute Gasteiger partial charge is 0.385 e. The Balaban J connectivity index is 2.28. The third kappa shape index (κ3) is 5.56. The molecule has 1 aliphatic heterocycles. The highest BCUT2D eigenvalue weighted by Crippen LogP contribution is 2.39. The molecule has 1 atom stereocenters. The minimum atomic E-state index is -2.51. The van der Waals surface area contributed by atoms with Gasteiger partial charge in [-0.15, -0.1) is 0 Å². The van der Waals surface area contributed by atoms with E-state index in [1.807, 2.05) is 0 Å². The van der Waals surface area contributed by atoms with Crippen molar-refractivity contribution in [3.05, 3.63) is 0 Å². The van der Waals surface area contributed by atoms with Crippen LogP contribution in [0, 0.1) is 11.3 Å². The van der Waals surface area contributed by atoms with Crippen molar-refractivity contribution in [2.24, 2.45) is 11.3 Å². The zero-order valence-corrected chi connectivity index (χ0v) is 15.7. The first kappa shape index (κ1) is 20.0. The monoisotopic (exact) mass is 336 g/mol. The zero-order valence-electron chi connectivity index (χ0n) is 14.7. The number of rotatable bonds is 13. The van der Waals surface area contributed by atoms with Crippen molar-refractivity contribution in [3.8, 4) is 0 Å². The molecule has 132 valence electrons. The van der Waals surface area contributed by atoms with E-state index in [0.29, 0.717) is 18.6 Å². The van der Waals surface area contributed by atoms with E-state index in [9.17, 15) is 0 Å².